The summed E-state index contributed by atoms with van der Waals surface area (Å²) in [5, 5.41) is 14.8. The molecule has 0 radical (unpaired) electrons. The molecule has 1 N–H and O–H groups in total. The van der Waals surface area contributed by atoms with Crippen LogP contribution in [0.15, 0.2) is 29.4 Å². The fourth-order valence-electron chi connectivity index (χ4n) is 5.44. The largest absolute Gasteiger partial charge is 0.273 e. The van der Waals surface area contributed by atoms with E-state index in [4.69, 9.17) is 0 Å². The molecule has 0 unspecified atom stereocenters. The Morgan fingerprint density at radius 3 is 2.32 bits per heavy atom. The summed E-state index contributed by atoms with van der Waals surface area (Å²) in [6, 6.07) is 6.13. The number of nitrogens with one attached hydrogen (secondary N) is 1. The van der Waals surface area contributed by atoms with Crippen molar-refractivity contribution in [2.75, 3.05) is 0 Å². The smallest absolute Gasteiger partial charge is 0.269 e. The van der Waals surface area contributed by atoms with Crippen molar-refractivity contribution in [2.45, 2.75) is 44.9 Å². The molecule has 4 fully saturated rings. The fraction of sp³-hybridized carbons (Fsp3) is 0.579. The number of hydrogen-bond donors (Lipinski definition) is 1. The highest BCUT2D eigenvalue weighted by atomic mass is 16.6. The Balaban J connectivity index is 1.42. The predicted molar refractivity (Wildman–Crippen MR) is 94.1 cm³/mol. The summed E-state index contributed by atoms with van der Waals surface area (Å²) in [5.74, 6) is 2.18. The first-order valence-corrected chi connectivity index (χ1v) is 9.12. The van der Waals surface area contributed by atoms with Gasteiger partial charge in [-0.3, -0.25) is 14.9 Å². The first-order chi connectivity index (χ1) is 12.0. The minimum absolute atomic E-state index is 0.0472. The molecule has 4 bridgehead atoms. The predicted octanol–water partition coefficient (Wildman–Crippen LogP) is 3.65. The van der Waals surface area contributed by atoms with Gasteiger partial charge in [-0.2, -0.15) is 5.10 Å². The number of non-ortho nitro benzene ring substituents is 1. The van der Waals surface area contributed by atoms with Gasteiger partial charge in [-0.15, -0.1) is 0 Å². The summed E-state index contributed by atoms with van der Waals surface area (Å²) >= 11 is 0. The Morgan fingerprint density at radius 1 is 1.12 bits per heavy atom. The van der Waals surface area contributed by atoms with Crippen molar-refractivity contribution in [3.63, 3.8) is 0 Å². The molecule has 0 heterocycles. The van der Waals surface area contributed by atoms with E-state index in [0.717, 1.165) is 24.8 Å². The quantitative estimate of drug-likeness (QED) is 0.515. The lowest BCUT2D eigenvalue weighted by Crippen LogP contribution is -2.47. The van der Waals surface area contributed by atoms with Crippen molar-refractivity contribution in [1.82, 2.24) is 5.43 Å². The summed E-state index contributed by atoms with van der Waals surface area (Å²) in [6.07, 6.45) is 9.76. The van der Waals surface area contributed by atoms with E-state index in [0.29, 0.717) is 17.8 Å². The molecule has 4 aliphatic carbocycles. The van der Waals surface area contributed by atoms with Crippen molar-refractivity contribution in [3.05, 3.63) is 39.9 Å². The average molecular weight is 341 g/mol. The lowest BCUT2D eigenvalue weighted by atomic mass is 9.58. The average Bonchev–Trinajstić information content (AvgIpc) is 2.81. The van der Waals surface area contributed by atoms with Gasteiger partial charge in [-0.1, -0.05) is 12.8 Å². The maximum atomic E-state index is 12.9. The number of nitrogens with zero attached hydrogens (tertiary/aromatic N) is 2. The van der Waals surface area contributed by atoms with E-state index in [9.17, 15) is 14.9 Å². The van der Waals surface area contributed by atoms with Crippen molar-refractivity contribution in [2.24, 2.45) is 28.3 Å². The first kappa shape index (κ1) is 16.2. The Kier molecular flexibility index (Phi) is 4.06. The zero-order valence-corrected chi connectivity index (χ0v) is 14.2. The Morgan fingerprint density at radius 2 is 1.72 bits per heavy atom. The molecule has 1 aromatic rings. The van der Waals surface area contributed by atoms with E-state index in [2.05, 4.69) is 10.5 Å². The molecule has 1 amide bonds. The number of nitro benzene ring substituents is 1. The molecule has 0 spiro atoms. The number of hydrazone groups is 1. The SMILES string of the molecule is O=C(N/N=C\c1ccc([N+](=O)[O-])cc1)C12CC3C[C@H](CC[C@@H](C3)C1)C2. The van der Waals surface area contributed by atoms with Crippen LogP contribution in [0.1, 0.15) is 50.5 Å². The molecule has 0 saturated heterocycles. The van der Waals surface area contributed by atoms with Crippen LogP contribution >= 0.6 is 0 Å². The summed E-state index contributed by atoms with van der Waals surface area (Å²) in [4.78, 5) is 23.1. The summed E-state index contributed by atoms with van der Waals surface area (Å²) in [6.45, 7) is 0. The zero-order chi connectivity index (χ0) is 17.4. The van der Waals surface area contributed by atoms with Gasteiger partial charge in [0.15, 0.2) is 0 Å². The molecule has 25 heavy (non-hydrogen) atoms. The Labute approximate surface area is 146 Å². The zero-order valence-electron chi connectivity index (χ0n) is 14.2. The molecule has 0 aliphatic heterocycles. The molecule has 6 nitrogen and oxygen atoms in total. The van der Waals surface area contributed by atoms with Crippen LogP contribution in [0.25, 0.3) is 0 Å². The van der Waals surface area contributed by atoms with E-state index in [-0.39, 0.29) is 17.0 Å². The van der Waals surface area contributed by atoms with Crippen molar-refractivity contribution in [1.29, 1.82) is 0 Å². The van der Waals surface area contributed by atoms with E-state index < -0.39 is 4.92 Å². The summed E-state index contributed by atoms with van der Waals surface area (Å²) < 4.78 is 0. The number of hydrogen-bond acceptors (Lipinski definition) is 4. The summed E-state index contributed by atoms with van der Waals surface area (Å²) in [5.41, 5.74) is 3.30. The highest BCUT2D eigenvalue weighted by molar-refractivity contribution is 5.85. The monoisotopic (exact) mass is 341 g/mol. The Hall–Kier alpha value is -2.24. The molecule has 0 aromatic heterocycles. The van der Waals surface area contributed by atoms with Crippen molar-refractivity contribution in [3.8, 4) is 0 Å². The normalized spacial score (nSPS) is 33.4. The summed E-state index contributed by atoms with van der Waals surface area (Å²) in [7, 11) is 0. The molecule has 6 heteroatoms. The van der Waals surface area contributed by atoms with Gasteiger partial charge in [0.05, 0.1) is 16.6 Å². The van der Waals surface area contributed by atoms with Gasteiger partial charge in [0, 0.05) is 12.1 Å². The van der Waals surface area contributed by atoms with Gasteiger partial charge in [0.1, 0.15) is 0 Å². The van der Waals surface area contributed by atoms with Crippen LogP contribution in [0.2, 0.25) is 0 Å². The minimum Gasteiger partial charge on any atom is -0.273 e. The first-order valence-electron chi connectivity index (χ1n) is 9.12. The van der Waals surface area contributed by atoms with Crippen LogP contribution in [0.4, 0.5) is 5.69 Å². The molecular formula is C19H23N3O3. The molecule has 1 aromatic carbocycles. The van der Waals surface area contributed by atoms with E-state index in [1.54, 1.807) is 18.3 Å². The lowest BCUT2D eigenvalue weighted by Gasteiger charge is -2.46. The van der Waals surface area contributed by atoms with Gasteiger partial charge >= 0.3 is 0 Å². The number of carbonyl (C=O) groups excluding carboxylic acids is 1. The maximum Gasteiger partial charge on any atom is 0.269 e. The minimum atomic E-state index is -0.432. The fourth-order valence-corrected chi connectivity index (χ4v) is 5.44. The van der Waals surface area contributed by atoms with Gasteiger partial charge < -0.3 is 0 Å². The van der Waals surface area contributed by atoms with Crippen LogP contribution in [0.5, 0.6) is 0 Å². The second-order valence-corrected chi connectivity index (χ2v) is 8.09. The maximum absolute atomic E-state index is 12.9. The third-order valence-electron chi connectivity index (χ3n) is 6.32. The molecule has 4 saturated carbocycles. The topological polar surface area (TPSA) is 84.6 Å². The van der Waals surface area contributed by atoms with Crippen LogP contribution in [-0.2, 0) is 4.79 Å². The molecular weight excluding hydrogens is 318 g/mol. The standard InChI is InChI=1S/C19H23N3O3/c23-18(21-20-12-13-3-5-17(6-4-13)22(24)25)19-9-14-1-2-15(10-19)8-16(7-14)11-19/h3-6,12,14-16H,1-2,7-11H2,(H,21,23)/b20-12-/t14-,15-,16?,19?/m0/s1. The molecule has 132 valence electrons. The molecule has 5 rings (SSSR count). The van der Waals surface area contributed by atoms with Crippen molar-refractivity contribution < 1.29 is 9.72 Å². The third-order valence-corrected chi connectivity index (χ3v) is 6.32. The highest BCUT2D eigenvalue weighted by Crippen LogP contribution is 2.57. The lowest BCUT2D eigenvalue weighted by molar-refractivity contribution is -0.384. The highest BCUT2D eigenvalue weighted by Gasteiger charge is 2.52. The second kappa shape index (κ2) is 6.24. The van der Waals surface area contributed by atoms with Crippen LogP contribution in [-0.4, -0.2) is 17.0 Å². The van der Waals surface area contributed by atoms with Gasteiger partial charge in [0.2, 0.25) is 5.91 Å². The molecule has 2 atom stereocenters. The molecule has 4 aliphatic rings. The van der Waals surface area contributed by atoms with Crippen LogP contribution < -0.4 is 5.43 Å². The van der Waals surface area contributed by atoms with Crippen molar-refractivity contribution >= 4 is 17.8 Å². The van der Waals surface area contributed by atoms with Crippen LogP contribution in [0.3, 0.4) is 0 Å². The van der Waals surface area contributed by atoms with Gasteiger partial charge in [-0.25, -0.2) is 5.43 Å². The second-order valence-electron chi connectivity index (χ2n) is 8.09. The number of amides is 1. The number of carbonyl (C=O) groups is 1. The van der Waals surface area contributed by atoms with Crippen LogP contribution in [0, 0.1) is 33.3 Å². The number of nitro groups is 1. The number of fused-ring (bicyclic) bond motifs is 1. The van der Waals surface area contributed by atoms with E-state index in [1.165, 1.54) is 37.8 Å². The van der Waals surface area contributed by atoms with E-state index >= 15 is 0 Å². The Bertz CT molecular complexity index is 697. The number of benzene rings is 1. The van der Waals surface area contributed by atoms with Gasteiger partial charge in [0.25, 0.3) is 5.69 Å². The van der Waals surface area contributed by atoms with Gasteiger partial charge in [-0.05, 0) is 67.6 Å². The van der Waals surface area contributed by atoms with E-state index in [1.807, 2.05) is 0 Å². The number of rotatable bonds is 4. The third kappa shape index (κ3) is 3.17.